The molecular formula is C50H30O2. The van der Waals surface area contributed by atoms with Gasteiger partial charge in [-0.2, -0.15) is 0 Å². The monoisotopic (exact) mass is 692 g/mol. The first-order valence-corrected chi connectivity index (χ1v) is 15.3. The van der Waals surface area contributed by atoms with E-state index >= 15 is 0 Å². The van der Waals surface area contributed by atoms with Gasteiger partial charge in [0, 0.05) is 27.1 Å². The lowest BCUT2D eigenvalue weighted by Crippen LogP contribution is -1.92. The van der Waals surface area contributed by atoms with Crippen molar-refractivity contribution < 1.29 is 50.0 Å². The summed E-state index contributed by atoms with van der Waals surface area (Å²) in [6.07, 6.45) is 0. The summed E-state index contributed by atoms with van der Waals surface area (Å²) < 4.78 is 283. The number of rotatable bonds is 4. The van der Waals surface area contributed by atoms with Gasteiger partial charge in [-0.3, -0.25) is 0 Å². The van der Waals surface area contributed by atoms with Crippen LogP contribution in [0.2, 0.25) is 0 Å². The maximum absolute atomic E-state index is 9.73. The SMILES string of the molecule is [2H]c1c([2H])c([2H])c(-c2c([2H])c([2H])c([2H])c([2H])c2-c2c3c([2H])c([2H])c([2H])c([2H])c3c(-c3c([2H])c([2H])c(-c4c([2H])c([2H])c([2H])c5c4oc4c([2H])c6c(oc7c([2H])c([2H])c([2H])c([2H])c76)c([2H])c45)c([2H])c3[2H])c3c([2H])c([2H])c([2H])c([2H])c23)c([2H])c1[2H]. The van der Waals surface area contributed by atoms with Gasteiger partial charge in [-0.05, 0) is 78.6 Å². The van der Waals surface area contributed by atoms with Crippen molar-refractivity contribution in [2.75, 3.05) is 0 Å². The van der Waals surface area contributed by atoms with Crippen molar-refractivity contribution in [2.24, 2.45) is 0 Å². The molecule has 9 aromatic carbocycles. The number of hydrogen-bond acceptors (Lipinski definition) is 2. The van der Waals surface area contributed by atoms with E-state index < -0.39 is 280 Å². The summed E-state index contributed by atoms with van der Waals surface area (Å²) in [7, 11) is 0. The molecule has 52 heavy (non-hydrogen) atoms. The predicted octanol–water partition coefficient (Wildman–Crippen LogP) is 14.5. The summed E-state index contributed by atoms with van der Waals surface area (Å²) in [4.78, 5) is 0. The highest BCUT2D eigenvalue weighted by atomic mass is 16.3. The van der Waals surface area contributed by atoms with Crippen LogP contribution in [0.3, 0.4) is 0 Å². The van der Waals surface area contributed by atoms with Crippen LogP contribution in [-0.4, -0.2) is 0 Å². The summed E-state index contributed by atoms with van der Waals surface area (Å²) in [6, 6.07) is -28.7. The van der Waals surface area contributed by atoms with Gasteiger partial charge in [0.15, 0.2) is 0 Å². The van der Waals surface area contributed by atoms with E-state index in [-0.39, 0.29) is 10.8 Å². The third-order valence-corrected chi connectivity index (χ3v) is 8.51. The third kappa shape index (κ3) is 4.31. The van der Waals surface area contributed by atoms with E-state index in [0.29, 0.717) is 0 Å². The van der Waals surface area contributed by atoms with E-state index in [1.165, 1.54) is 0 Å². The molecule has 2 aromatic heterocycles. The highest BCUT2D eigenvalue weighted by Crippen LogP contribution is 2.47. The van der Waals surface area contributed by atoms with Crippen LogP contribution in [0.5, 0.6) is 0 Å². The van der Waals surface area contributed by atoms with Crippen molar-refractivity contribution >= 4 is 65.4 Å². The smallest absolute Gasteiger partial charge is 0.143 e. The van der Waals surface area contributed by atoms with Crippen LogP contribution in [0.15, 0.2) is 190 Å². The molecule has 2 heteroatoms. The van der Waals surface area contributed by atoms with E-state index in [4.69, 9.17) is 32.1 Å². The van der Waals surface area contributed by atoms with Gasteiger partial charge >= 0.3 is 0 Å². The third-order valence-electron chi connectivity index (χ3n) is 8.51. The molecule has 2 heterocycles. The summed E-state index contributed by atoms with van der Waals surface area (Å²) in [5.74, 6) is 0. The zero-order valence-electron chi connectivity index (χ0n) is 55.8. The second-order valence-electron chi connectivity index (χ2n) is 11.3. The maximum atomic E-state index is 9.73. The molecule has 0 saturated heterocycles. The molecule has 0 spiro atoms. The Hall–Kier alpha value is -6.90. The number of fused-ring (bicyclic) bond motifs is 8. The van der Waals surface area contributed by atoms with Gasteiger partial charge in [0.1, 0.15) is 22.3 Å². The lowest BCUT2D eigenvalue weighted by Gasteiger charge is -2.19. The highest BCUT2D eigenvalue weighted by molar-refractivity contribution is 6.22. The minimum atomic E-state index is -1.14. The quantitative estimate of drug-likeness (QED) is 0.172. The van der Waals surface area contributed by atoms with Crippen LogP contribution in [0.25, 0.3) is 110 Å². The average Bonchev–Trinajstić information content (AvgIpc) is 4.22. The van der Waals surface area contributed by atoms with Crippen LogP contribution in [0, 0.1) is 0 Å². The molecule has 0 N–H and O–H groups in total. The van der Waals surface area contributed by atoms with Crippen LogP contribution in [0.1, 0.15) is 41.1 Å². The Labute approximate surface area is 341 Å². The van der Waals surface area contributed by atoms with E-state index in [9.17, 15) is 17.8 Å². The minimum Gasteiger partial charge on any atom is -0.456 e. The normalized spacial score (nSPS) is 19.9. The summed E-state index contributed by atoms with van der Waals surface area (Å²) in [5, 5.41) is -4.83. The molecular weight excluding hydrogens is 633 g/mol. The Balaban J connectivity index is 1.33. The van der Waals surface area contributed by atoms with Crippen LogP contribution >= 0.6 is 0 Å². The highest BCUT2D eigenvalue weighted by Gasteiger charge is 2.20. The van der Waals surface area contributed by atoms with Crippen molar-refractivity contribution in [2.45, 2.75) is 0 Å². The van der Waals surface area contributed by atoms with Gasteiger partial charge in [0.05, 0.1) is 41.1 Å². The maximum Gasteiger partial charge on any atom is 0.143 e. The Morgan fingerprint density at radius 3 is 1.48 bits per heavy atom. The van der Waals surface area contributed by atoms with Gasteiger partial charge in [-0.1, -0.05) is 163 Å². The van der Waals surface area contributed by atoms with E-state index in [1.54, 1.807) is 0 Å². The molecule has 0 aliphatic carbocycles. The largest absolute Gasteiger partial charge is 0.456 e. The molecule has 242 valence electrons. The molecule has 0 aliphatic heterocycles. The number of para-hydroxylation sites is 2. The van der Waals surface area contributed by atoms with Crippen molar-refractivity contribution in [1.29, 1.82) is 0 Å². The molecule has 0 saturated carbocycles. The fourth-order valence-electron chi connectivity index (χ4n) is 6.33. The molecule has 0 radical (unpaired) electrons. The first-order valence-electron chi connectivity index (χ1n) is 30.3. The summed E-state index contributed by atoms with van der Waals surface area (Å²) in [5.41, 5.74) is -8.79. The Kier molecular flexibility index (Phi) is 2.63. The fraction of sp³-hybridized carbons (Fsp3) is 0. The van der Waals surface area contributed by atoms with Crippen molar-refractivity contribution in [3.05, 3.63) is 181 Å². The zero-order chi connectivity index (χ0) is 60.3. The van der Waals surface area contributed by atoms with Gasteiger partial charge in [-0.25, -0.2) is 0 Å². The molecule has 0 amide bonds. The van der Waals surface area contributed by atoms with Gasteiger partial charge in [-0.15, -0.1) is 0 Å². The van der Waals surface area contributed by atoms with E-state index in [1.807, 2.05) is 0 Å². The first kappa shape index (κ1) is 12.1. The molecule has 0 fully saturated rings. The lowest BCUT2D eigenvalue weighted by atomic mass is 9.83. The standard InChI is InChI=1S/C50H30O2/c1-2-13-31(14-3-1)34-15-4-5-17-37(34)49-40-20-8-6-18-38(40)48(39-19-7-9-21-41(39)49)33-27-25-32(26-28-33)35-22-12-23-42-44-30-46-43(29-47(44)52-50(35)42)36-16-10-11-24-45(36)51-46/h1-30H/i1D,2D,3D,4D,5D,6D,7D,8D,9D,10D,11D,12D,13D,14D,15D,16D,17D,18D,19D,20D,21D,22D,23D,24D,25D,26D,27D,28D,29D,30D. The lowest BCUT2D eigenvalue weighted by molar-refractivity contribution is 0.664. The van der Waals surface area contributed by atoms with Crippen molar-refractivity contribution in [3.63, 3.8) is 0 Å². The zero-order valence-corrected chi connectivity index (χ0v) is 25.8. The molecule has 0 atom stereocenters. The van der Waals surface area contributed by atoms with Gasteiger partial charge in [0.25, 0.3) is 0 Å². The van der Waals surface area contributed by atoms with E-state index in [2.05, 4.69) is 0 Å². The topological polar surface area (TPSA) is 26.3 Å². The van der Waals surface area contributed by atoms with Crippen molar-refractivity contribution in [3.8, 4) is 44.5 Å². The molecule has 0 aliphatic rings. The number of benzene rings is 9. The molecule has 11 rings (SSSR count). The fourth-order valence-corrected chi connectivity index (χ4v) is 6.33. The minimum absolute atomic E-state index is 0.309. The predicted molar refractivity (Wildman–Crippen MR) is 218 cm³/mol. The van der Waals surface area contributed by atoms with Gasteiger partial charge < -0.3 is 8.83 Å². The molecule has 0 unspecified atom stereocenters. The van der Waals surface area contributed by atoms with Crippen LogP contribution in [-0.2, 0) is 0 Å². The Morgan fingerprint density at radius 1 is 0.288 bits per heavy atom. The molecule has 2 nitrogen and oxygen atoms in total. The second kappa shape index (κ2) is 11.3. The number of furan rings is 2. The number of hydrogen-bond donors (Lipinski definition) is 0. The Bertz CT molecular complexity index is 4780. The van der Waals surface area contributed by atoms with Crippen LogP contribution < -0.4 is 0 Å². The first-order chi connectivity index (χ1) is 38.3. The summed E-state index contributed by atoms with van der Waals surface area (Å²) >= 11 is 0. The second-order valence-corrected chi connectivity index (χ2v) is 11.3. The van der Waals surface area contributed by atoms with E-state index in [0.717, 1.165) is 0 Å². The van der Waals surface area contributed by atoms with Gasteiger partial charge in [0.2, 0.25) is 0 Å². The summed E-state index contributed by atoms with van der Waals surface area (Å²) in [6.45, 7) is 0. The average molecular weight is 693 g/mol. The Morgan fingerprint density at radius 2 is 0.769 bits per heavy atom. The van der Waals surface area contributed by atoms with Crippen LogP contribution in [0.4, 0.5) is 0 Å². The molecule has 0 bridgehead atoms. The van der Waals surface area contributed by atoms with Crippen molar-refractivity contribution in [1.82, 2.24) is 0 Å². The molecule has 11 aromatic rings.